The molecule has 0 amide bonds. The molecule has 0 fully saturated rings. The number of rotatable bonds is 12. The van der Waals surface area contributed by atoms with E-state index in [1.54, 1.807) is 0 Å². The van der Waals surface area contributed by atoms with Gasteiger partial charge in [0, 0.05) is 11.9 Å². The van der Waals surface area contributed by atoms with Gasteiger partial charge in [-0.1, -0.05) is 96.0 Å². The van der Waals surface area contributed by atoms with Crippen molar-refractivity contribution in [2.45, 2.75) is 92.9 Å². The van der Waals surface area contributed by atoms with Gasteiger partial charge < -0.3 is 5.11 Å². The lowest BCUT2D eigenvalue weighted by atomic mass is 9.98. The number of hydrogen-bond acceptors (Lipinski definition) is 1. The minimum absolute atomic E-state index is 0.350. The molecule has 0 aromatic rings. The first-order chi connectivity index (χ1) is 10.3. The molecule has 0 spiro atoms. The van der Waals surface area contributed by atoms with Crippen LogP contribution >= 0.6 is 15.9 Å². The maximum atomic E-state index is 8.65. The quantitative estimate of drug-likeness (QED) is 0.360. The summed E-state index contributed by atoms with van der Waals surface area (Å²) in [4.78, 5) is 0. The Morgan fingerprint density at radius 2 is 1.05 bits per heavy atom. The van der Waals surface area contributed by atoms with E-state index in [1.807, 2.05) is 0 Å². The van der Waals surface area contributed by atoms with Crippen LogP contribution in [0.4, 0.5) is 0 Å². The number of aliphatic hydroxyl groups is 1. The molecule has 0 aromatic heterocycles. The first kappa shape index (κ1) is 24.7. The van der Waals surface area contributed by atoms with Crippen LogP contribution < -0.4 is 0 Å². The van der Waals surface area contributed by atoms with Crippen LogP contribution in [0.3, 0.4) is 0 Å². The highest BCUT2D eigenvalue weighted by molar-refractivity contribution is 9.09. The second kappa shape index (κ2) is 17.8. The average molecular weight is 379 g/mol. The molecule has 0 bridgehead atoms. The summed E-state index contributed by atoms with van der Waals surface area (Å²) < 4.78 is 0. The maximum Gasteiger partial charge on any atom is 0.0433 e. The van der Waals surface area contributed by atoms with Gasteiger partial charge in [-0.3, -0.25) is 0 Å². The van der Waals surface area contributed by atoms with Crippen LogP contribution in [0.15, 0.2) is 0 Å². The number of aliphatic hydroxyl groups excluding tert-OH is 1. The second-order valence-electron chi connectivity index (χ2n) is 7.85. The molecule has 0 rings (SSSR count). The third kappa shape index (κ3) is 22.7. The van der Waals surface area contributed by atoms with Crippen LogP contribution in [0.1, 0.15) is 92.9 Å². The Balaban J connectivity index is 0. The fourth-order valence-corrected chi connectivity index (χ4v) is 3.23. The van der Waals surface area contributed by atoms with Crippen molar-refractivity contribution in [2.75, 3.05) is 11.9 Å². The van der Waals surface area contributed by atoms with Crippen molar-refractivity contribution in [3.05, 3.63) is 0 Å². The summed E-state index contributed by atoms with van der Waals surface area (Å²) in [6.45, 7) is 14.0. The highest BCUT2D eigenvalue weighted by atomic mass is 79.9. The Bertz CT molecular complexity index is 182. The molecular formula is C20H43BrO. The van der Waals surface area contributed by atoms with Gasteiger partial charge in [0.1, 0.15) is 0 Å². The Morgan fingerprint density at radius 1 is 0.636 bits per heavy atom. The van der Waals surface area contributed by atoms with E-state index in [4.69, 9.17) is 5.11 Å². The molecular weight excluding hydrogens is 336 g/mol. The van der Waals surface area contributed by atoms with E-state index in [9.17, 15) is 0 Å². The Kier molecular flexibility index (Phi) is 20.0. The van der Waals surface area contributed by atoms with Crippen molar-refractivity contribution in [3.63, 3.8) is 0 Å². The van der Waals surface area contributed by atoms with E-state index in [-0.39, 0.29) is 0 Å². The minimum atomic E-state index is 0.350. The van der Waals surface area contributed by atoms with Gasteiger partial charge in [-0.25, -0.2) is 0 Å². The monoisotopic (exact) mass is 378 g/mol. The summed E-state index contributed by atoms with van der Waals surface area (Å²) in [7, 11) is 0. The average Bonchev–Trinajstić information content (AvgIpc) is 2.39. The van der Waals surface area contributed by atoms with Crippen LogP contribution in [0.2, 0.25) is 0 Å². The second-order valence-corrected chi connectivity index (χ2v) is 8.64. The van der Waals surface area contributed by atoms with E-state index in [0.29, 0.717) is 12.5 Å². The van der Waals surface area contributed by atoms with Crippen molar-refractivity contribution in [3.8, 4) is 0 Å². The van der Waals surface area contributed by atoms with Crippen molar-refractivity contribution in [1.82, 2.24) is 0 Å². The standard InChI is InChI=1S/C10H21Br.C10H22O/c2*1-9(2)5-4-6-10(3)7-8-11/h9-10H,4-8H2,1-3H3;9-11H,4-8H2,1-3H3. The smallest absolute Gasteiger partial charge is 0.0433 e. The first-order valence-corrected chi connectivity index (χ1v) is 10.6. The van der Waals surface area contributed by atoms with Gasteiger partial charge in [0.15, 0.2) is 0 Å². The summed E-state index contributed by atoms with van der Waals surface area (Å²) in [5.41, 5.74) is 0. The van der Waals surface area contributed by atoms with Gasteiger partial charge in [-0.2, -0.15) is 0 Å². The molecule has 2 unspecified atom stereocenters. The molecule has 0 saturated heterocycles. The first-order valence-electron chi connectivity index (χ1n) is 9.50. The molecule has 0 heterocycles. The summed E-state index contributed by atoms with van der Waals surface area (Å²) in [5, 5.41) is 9.81. The fourth-order valence-electron chi connectivity index (χ4n) is 2.44. The van der Waals surface area contributed by atoms with E-state index in [2.05, 4.69) is 57.5 Å². The molecule has 0 aliphatic carbocycles. The highest BCUT2D eigenvalue weighted by Crippen LogP contribution is 2.16. The normalized spacial score (nSPS) is 13.9. The van der Waals surface area contributed by atoms with Crippen LogP contribution in [0.25, 0.3) is 0 Å². The lowest BCUT2D eigenvalue weighted by Gasteiger charge is -2.09. The van der Waals surface area contributed by atoms with E-state index >= 15 is 0 Å². The summed E-state index contributed by atoms with van der Waals surface area (Å²) in [6.07, 6.45) is 10.4. The maximum absolute atomic E-state index is 8.65. The summed E-state index contributed by atoms with van der Waals surface area (Å²) >= 11 is 3.47. The highest BCUT2D eigenvalue weighted by Gasteiger charge is 2.02. The third-order valence-electron chi connectivity index (χ3n) is 4.18. The zero-order valence-electron chi connectivity index (χ0n) is 16.2. The van der Waals surface area contributed by atoms with Crippen LogP contribution in [-0.2, 0) is 0 Å². The number of alkyl halides is 1. The SMILES string of the molecule is CC(C)CCCC(C)CCBr.CC(C)CCCC(C)CCO. The fraction of sp³-hybridized carbons (Fsp3) is 1.00. The molecule has 0 saturated carbocycles. The molecule has 1 N–H and O–H groups in total. The molecule has 0 aliphatic rings. The van der Waals surface area contributed by atoms with E-state index < -0.39 is 0 Å². The zero-order chi connectivity index (χ0) is 17.4. The van der Waals surface area contributed by atoms with E-state index in [0.717, 1.165) is 29.5 Å². The Labute approximate surface area is 149 Å². The van der Waals surface area contributed by atoms with Crippen LogP contribution in [0, 0.1) is 23.7 Å². The van der Waals surface area contributed by atoms with Gasteiger partial charge in [0.2, 0.25) is 0 Å². The molecule has 2 atom stereocenters. The molecule has 136 valence electrons. The van der Waals surface area contributed by atoms with Crippen LogP contribution in [-0.4, -0.2) is 17.0 Å². The molecule has 0 radical (unpaired) electrons. The lowest BCUT2D eigenvalue weighted by molar-refractivity contribution is 0.255. The molecule has 1 nitrogen and oxygen atoms in total. The topological polar surface area (TPSA) is 20.2 Å². The van der Waals surface area contributed by atoms with E-state index in [1.165, 1.54) is 44.9 Å². The van der Waals surface area contributed by atoms with Crippen molar-refractivity contribution < 1.29 is 5.11 Å². The lowest BCUT2D eigenvalue weighted by Crippen LogP contribution is -1.98. The Morgan fingerprint density at radius 3 is 1.36 bits per heavy atom. The predicted octanol–water partition coefficient (Wildman–Crippen LogP) is 7.07. The number of halogens is 1. The van der Waals surface area contributed by atoms with Gasteiger partial charge in [0.05, 0.1) is 0 Å². The zero-order valence-corrected chi connectivity index (χ0v) is 17.8. The summed E-state index contributed by atoms with van der Waals surface area (Å²) in [6, 6.07) is 0. The molecule has 2 heteroatoms. The van der Waals surface area contributed by atoms with Gasteiger partial charge in [0.25, 0.3) is 0 Å². The third-order valence-corrected chi connectivity index (χ3v) is 4.64. The van der Waals surface area contributed by atoms with Crippen molar-refractivity contribution in [1.29, 1.82) is 0 Å². The molecule has 0 aliphatic heterocycles. The van der Waals surface area contributed by atoms with Crippen molar-refractivity contribution in [2.24, 2.45) is 23.7 Å². The van der Waals surface area contributed by atoms with Crippen LogP contribution in [0.5, 0.6) is 0 Å². The molecule has 22 heavy (non-hydrogen) atoms. The predicted molar refractivity (Wildman–Crippen MR) is 106 cm³/mol. The van der Waals surface area contributed by atoms with Gasteiger partial charge in [-0.15, -0.1) is 0 Å². The summed E-state index contributed by atoms with van der Waals surface area (Å²) in [5.74, 6) is 3.33. The van der Waals surface area contributed by atoms with Gasteiger partial charge in [-0.05, 0) is 36.5 Å². The minimum Gasteiger partial charge on any atom is -0.396 e. The largest absolute Gasteiger partial charge is 0.396 e. The molecule has 0 aromatic carbocycles. The van der Waals surface area contributed by atoms with Gasteiger partial charge >= 0.3 is 0 Å². The van der Waals surface area contributed by atoms with Crippen molar-refractivity contribution >= 4 is 15.9 Å². The number of hydrogen-bond donors (Lipinski definition) is 1. The Hall–Kier alpha value is 0.440.